The van der Waals surface area contributed by atoms with Crippen molar-refractivity contribution in [2.45, 2.75) is 63.2 Å². The van der Waals surface area contributed by atoms with Crippen LogP contribution in [0, 0.1) is 0 Å². The van der Waals surface area contributed by atoms with E-state index in [4.69, 9.17) is 0 Å². The Morgan fingerprint density at radius 1 is 1.35 bits per heavy atom. The quantitative estimate of drug-likeness (QED) is 0.846. The SMILES string of the molecule is CCSC1CCCC(NC(=O)CN2CCCCC2=O)C1. The van der Waals surface area contributed by atoms with Crippen LogP contribution in [0.3, 0.4) is 0 Å². The summed E-state index contributed by atoms with van der Waals surface area (Å²) in [6.07, 6.45) is 7.23. The van der Waals surface area contributed by atoms with Crippen molar-refractivity contribution in [3.8, 4) is 0 Å². The Balaban J connectivity index is 1.74. The number of thioether (sulfide) groups is 1. The fourth-order valence-electron chi connectivity index (χ4n) is 3.14. The Hall–Kier alpha value is -0.710. The van der Waals surface area contributed by atoms with Crippen molar-refractivity contribution < 1.29 is 9.59 Å². The van der Waals surface area contributed by atoms with Crippen LogP contribution in [0.15, 0.2) is 0 Å². The standard InChI is InChI=1S/C15H26N2O2S/c1-2-20-13-7-5-6-12(10-13)16-14(18)11-17-9-4-3-8-15(17)19/h12-13H,2-11H2,1H3,(H,16,18). The van der Waals surface area contributed by atoms with Crippen LogP contribution in [0.1, 0.15) is 51.9 Å². The van der Waals surface area contributed by atoms with Crippen molar-refractivity contribution in [1.82, 2.24) is 10.2 Å². The van der Waals surface area contributed by atoms with E-state index in [0.717, 1.165) is 38.0 Å². The molecule has 0 radical (unpaired) electrons. The molecule has 0 bridgehead atoms. The summed E-state index contributed by atoms with van der Waals surface area (Å²) < 4.78 is 0. The van der Waals surface area contributed by atoms with E-state index in [1.54, 1.807) is 4.90 Å². The van der Waals surface area contributed by atoms with Crippen molar-refractivity contribution in [2.24, 2.45) is 0 Å². The molecule has 0 spiro atoms. The highest BCUT2D eigenvalue weighted by molar-refractivity contribution is 7.99. The number of carbonyl (C=O) groups excluding carboxylic acids is 2. The second-order valence-corrected chi connectivity index (χ2v) is 7.36. The molecule has 1 aliphatic heterocycles. The van der Waals surface area contributed by atoms with Crippen LogP contribution in [-0.4, -0.2) is 46.8 Å². The van der Waals surface area contributed by atoms with Gasteiger partial charge in [0.15, 0.2) is 0 Å². The maximum Gasteiger partial charge on any atom is 0.239 e. The lowest BCUT2D eigenvalue weighted by Crippen LogP contribution is -2.47. The first-order valence-electron chi connectivity index (χ1n) is 7.87. The number of rotatable bonds is 5. The number of nitrogens with one attached hydrogen (secondary N) is 1. The Labute approximate surface area is 126 Å². The Bertz CT molecular complexity index is 347. The van der Waals surface area contributed by atoms with Crippen molar-refractivity contribution in [2.75, 3.05) is 18.8 Å². The summed E-state index contributed by atoms with van der Waals surface area (Å²) >= 11 is 2.00. The normalized spacial score (nSPS) is 27.4. The molecule has 2 unspecified atom stereocenters. The van der Waals surface area contributed by atoms with E-state index in [9.17, 15) is 9.59 Å². The second-order valence-electron chi connectivity index (χ2n) is 5.78. The van der Waals surface area contributed by atoms with Gasteiger partial charge in [0.2, 0.25) is 11.8 Å². The van der Waals surface area contributed by atoms with E-state index >= 15 is 0 Å². The van der Waals surface area contributed by atoms with Gasteiger partial charge in [-0.2, -0.15) is 11.8 Å². The highest BCUT2D eigenvalue weighted by Crippen LogP contribution is 2.28. The molecular formula is C15H26N2O2S. The molecular weight excluding hydrogens is 272 g/mol. The van der Waals surface area contributed by atoms with E-state index < -0.39 is 0 Å². The minimum atomic E-state index is 0.0207. The maximum atomic E-state index is 12.1. The molecule has 5 heteroatoms. The monoisotopic (exact) mass is 298 g/mol. The number of likely N-dealkylation sites (tertiary alicyclic amines) is 1. The topological polar surface area (TPSA) is 49.4 Å². The summed E-state index contributed by atoms with van der Waals surface area (Å²) in [6.45, 7) is 3.18. The number of carbonyl (C=O) groups is 2. The average Bonchev–Trinajstić information content (AvgIpc) is 2.42. The third-order valence-electron chi connectivity index (χ3n) is 4.15. The lowest BCUT2D eigenvalue weighted by Gasteiger charge is -2.31. The van der Waals surface area contributed by atoms with Gasteiger partial charge in [-0.1, -0.05) is 13.3 Å². The first-order valence-corrected chi connectivity index (χ1v) is 8.92. The van der Waals surface area contributed by atoms with Gasteiger partial charge >= 0.3 is 0 Å². The van der Waals surface area contributed by atoms with Crippen LogP contribution < -0.4 is 5.32 Å². The largest absolute Gasteiger partial charge is 0.352 e. The predicted octanol–water partition coefficient (Wildman–Crippen LogP) is 2.18. The Morgan fingerprint density at radius 2 is 2.20 bits per heavy atom. The highest BCUT2D eigenvalue weighted by Gasteiger charge is 2.25. The lowest BCUT2D eigenvalue weighted by molar-refractivity contribution is -0.138. The molecule has 114 valence electrons. The van der Waals surface area contributed by atoms with Crippen molar-refractivity contribution in [3.05, 3.63) is 0 Å². The van der Waals surface area contributed by atoms with Gasteiger partial charge < -0.3 is 10.2 Å². The smallest absolute Gasteiger partial charge is 0.239 e. The zero-order valence-corrected chi connectivity index (χ0v) is 13.2. The summed E-state index contributed by atoms with van der Waals surface area (Å²) in [5.41, 5.74) is 0. The summed E-state index contributed by atoms with van der Waals surface area (Å²) in [5, 5.41) is 3.82. The van der Waals surface area contributed by atoms with Crippen LogP contribution in [-0.2, 0) is 9.59 Å². The molecule has 2 rings (SSSR count). The third kappa shape index (κ3) is 4.69. The number of piperidine rings is 1. The molecule has 2 amide bonds. The van der Waals surface area contributed by atoms with Crippen LogP contribution in [0.4, 0.5) is 0 Å². The summed E-state index contributed by atoms with van der Waals surface area (Å²) in [6, 6.07) is 0.306. The van der Waals surface area contributed by atoms with E-state index in [1.807, 2.05) is 11.8 Å². The summed E-state index contributed by atoms with van der Waals surface area (Å²) in [7, 11) is 0. The van der Waals surface area contributed by atoms with Crippen LogP contribution >= 0.6 is 11.8 Å². The Kier molecular flexibility index (Phi) is 6.20. The van der Waals surface area contributed by atoms with Gasteiger partial charge in [-0.15, -0.1) is 0 Å². The maximum absolute atomic E-state index is 12.1. The molecule has 1 aliphatic carbocycles. The van der Waals surface area contributed by atoms with Crippen LogP contribution in [0.2, 0.25) is 0 Å². The van der Waals surface area contributed by atoms with Gasteiger partial charge in [-0.3, -0.25) is 9.59 Å². The van der Waals surface area contributed by atoms with Gasteiger partial charge in [0.05, 0.1) is 6.54 Å². The minimum absolute atomic E-state index is 0.0207. The van der Waals surface area contributed by atoms with Gasteiger partial charge in [0.25, 0.3) is 0 Å². The summed E-state index contributed by atoms with van der Waals surface area (Å²) in [4.78, 5) is 25.5. The molecule has 1 saturated heterocycles. The minimum Gasteiger partial charge on any atom is -0.352 e. The molecule has 2 fully saturated rings. The zero-order valence-electron chi connectivity index (χ0n) is 12.4. The van der Waals surface area contributed by atoms with Gasteiger partial charge in [0.1, 0.15) is 0 Å². The fraction of sp³-hybridized carbons (Fsp3) is 0.867. The van der Waals surface area contributed by atoms with Crippen molar-refractivity contribution in [3.63, 3.8) is 0 Å². The molecule has 1 saturated carbocycles. The van der Waals surface area contributed by atoms with E-state index in [0.29, 0.717) is 17.7 Å². The average molecular weight is 298 g/mol. The zero-order chi connectivity index (χ0) is 14.4. The first kappa shape index (κ1) is 15.7. The molecule has 0 aromatic carbocycles. The van der Waals surface area contributed by atoms with Crippen LogP contribution in [0.5, 0.6) is 0 Å². The van der Waals surface area contributed by atoms with E-state index in [2.05, 4.69) is 12.2 Å². The Morgan fingerprint density at radius 3 is 2.95 bits per heavy atom. The molecule has 20 heavy (non-hydrogen) atoms. The molecule has 4 nitrogen and oxygen atoms in total. The highest BCUT2D eigenvalue weighted by atomic mass is 32.2. The van der Waals surface area contributed by atoms with Crippen molar-refractivity contribution in [1.29, 1.82) is 0 Å². The van der Waals surface area contributed by atoms with Crippen molar-refractivity contribution >= 4 is 23.6 Å². The molecule has 2 atom stereocenters. The molecule has 0 aromatic heterocycles. The molecule has 2 aliphatic rings. The van der Waals surface area contributed by atoms with E-state index in [1.165, 1.54) is 12.8 Å². The third-order valence-corrected chi connectivity index (χ3v) is 5.38. The van der Waals surface area contributed by atoms with Gasteiger partial charge in [-0.05, 0) is 37.9 Å². The van der Waals surface area contributed by atoms with E-state index in [-0.39, 0.29) is 18.4 Å². The van der Waals surface area contributed by atoms with Gasteiger partial charge in [0, 0.05) is 24.3 Å². The first-order chi connectivity index (χ1) is 9.69. The summed E-state index contributed by atoms with van der Waals surface area (Å²) in [5.74, 6) is 1.30. The number of hydrogen-bond donors (Lipinski definition) is 1. The van der Waals surface area contributed by atoms with Gasteiger partial charge in [-0.25, -0.2) is 0 Å². The molecule has 1 N–H and O–H groups in total. The molecule has 0 aromatic rings. The van der Waals surface area contributed by atoms with Crippen LogP contribution in [0.25, 0.3) is 0 Å². The molecule has 1 heterocycles. The fourth-order valence-corrected chi connectivity index (χ4v) is 4.31. The lowest BCUT2D eigenvalue weighted by atomic mass is 9.95. The number of nitrogens with zero attached hydrogens (tertiary/aromatic N) is 1. The number of amides is 2. The number of hydrogen-bond acceptors (Lipinski definition) is 3. The second kappa shape index (κ2) is 7.91. The predicted molar refractivity (Wildman–Crippen MR) is 82.7 cm³/mol.